The second-order valence-electron chi connectivity index (χ2n) is 7.22. The topological polar surface area (TPSA) is 84.0 Å². The van der Waals surface area contributed by atoms with Gasteiger partial charge in [-0.25, -0.2) is 9.79 Å². The maximum absolute atomic E-state index is 11.3. The summed E-state index contributed by atoms with van der Waals surface area (Å²) < 4.78 is 10.6. The number of aliphatic imine (C=N–C) groups is 1. The number of carbonyl (C=O) groups is 1. The van der Waals surface area contributed by atoms with Gasteiger partial charge in [-0.05, 0) is 49.4 Å². The molecule has 0 heterocycles. The highest BCUT2D eigenvalue weighted by Crippen LogP contribution is 2.30. The molecule has 1 amide bonds. The fourth-order valence-corrected chi connectivity index (χ4v) is 2.84. The van der Waals surface area contributed by atoms with Crippen molar-refractivity contribution in [3.8, 4) is 5.75 Å². The number of amides is 1. The summed E-state index contributed by atoms with van der Waals surface area (Å²) in [6.07, 6.45) is 2.06. The van der Waals surface area contributed by atoms with Crippen LogP contribution in [0.2, 0.25) is 0 Å². The van der Waals surface area contributed by atoms with Gasteiger partial charge >= 0.3 is 6.09 Å². The Hall–Kier alpha value is -2.49. The molecule has 0 radical (unpaired) electrons. The lowest BCUT2D eigenvalue weighted by atomic mass is 10.2. The van der Waals surface area contributed by atoms with Crippen LogP contribution in [0, 0.1) is 5.92 Å². The smallest absolute Gasteiger partial charge is 0.411 e. The van der Waals surface area contributed by atoms with E-state index in [1.54, 1.807) is 0 Å². The zero-order chi connectivity index (χ0) is 21.2. The Balaban J connectivity index is 0.00000341. The Labute approximate surface area is 201 Å². The van der Waals surface area contributed by atoms with Crippen LogP contribution in [0.4, 0.5) is 10.5 Å². The van der Waals surface area contributed by atoms with E-state index < -0.39 is 6.09 Å². The van der Waals surface area contributed by atoms with E-state index in [1.807, 2.05) is 49.4 Å². The molecule has 0 aromatic heterocycles. The Morgan fingerprint density at radius 3 is 2.52 bits per heavy atom. The van der Waals surface area contributed by atoms with Gasteiger partial charge in [0.1, 0.15) is 5.75 Å². The van der Waals surface area contributed by atoms with Gasteiger partial charge in [0.05, 0.1) is 20.3 Å². The third kappa shape index (κ3) is 8.64. The quantitative estimate of drug-likeness (QED) is 0.248. The highest BCUT2D eigenvalue weighted by molar-refractivity contribution is 14.0. The molecule has 2 aromatic rings. The lowest BCUT2D eigenvalue weighted by Gasteiger charge is -2.14. The monoisotopic (exact) mass is 538 g/mol. The van der Waals surface area contributed by atoms with Gasteiger partial charge in [0, 0.05) is 24.3 Å². The predicted octanol–water partition coefficient (Wildman–Crippen LogP) is 4.53. The van der Waals surface area contributed by atoms with E-state index in [0.29, 0.717) is 18.8 Å². The van der Waals surface area contributed by atoms with Crippen LogP contribution in [0.25, 0.3) is 0 Å². The van der Waals surface area contributed by atoms with Crippen molar-refractivity contribution >= 4 is 41.7 Å². The van der Waals surface area contributed by atoms with E-state index in [2.05, 4.69) is 31.7 Å². The minimum atomic E-state index is -0.485. The van der Waals surface area contributed by atoms with Crippen molar-refractivity contribution in [2.75, 3.05) is 25.6 Å². The first-order valence-corrected chi connectivity index (χ1v) is 10.3. The number of carbonyl (C=O) groups excluding carboxylic acids is 1. The number of para-hydroxylation sites is 1. The van der Waals surface area contributed by atoms with Gasteiger partial charge in [0.2, 0.25) is 0 Å². The Morgan fingerprint density at radius 2 is 1.84 bits per heavy atom. The van der Waals surface area contributed by atoms with Gasteiger partial charge in [-0.2, -0.15) is 0 Å². The van der Waals surface area contributed by atoms with Crippen LogP contribution in [-0.4, -0.2) is 32.3 Å². The zero-order valence-electron chi connectivity index (χ0n) is 18.0. The summed E-state index contributed by atoms with van der Waals surface area (Å²) in [6, 6.07) is 15.6. The summed E-state index contributed by atoms with van der Waals surface area (Å²) in [4.78, 5) is 15.9. The van der Waals surface area contributed by atoms with Crippen molar-refractivity contribution < 1.29 is 14.3 Å². The molecule has 0 bridgehead atoms. The molecule has 0 unspecified atom stereocenters. The largest absolute Gasteiger partial charge is 0.493 e. The highest BCUT2D eigenvalue weighted by atomic mass is 127. The number of hydrogen-bond acceptors (Lipinski definition) is 4. The number of ether oxygens (including phenoxy) is 2. The minimum absolute atomic E-state index is 0. The number of methoxy groups -OCH3 is 1. The summed E-state index contributed by atoms with van der Waals surface area (Å²) in [7, 11) is 1.34. The highest BCUT2D eigenvalue weighted by Gasteiger charge is 2.22. The first-order chi connectivity index (χ1) is 14.7. The number of nitrogens with one attached hydrogen (secondary N) is 3. The summed E-state index contributed by atoms with van der Waals surface area (Å²) in [5, 5.41) is 9.29. The molecule has 1 aliphatic rings. The van der Waals surface area contributed by atoms with E-state index >= 15 is 0 Å². The van der Waals surface area contributed by atoms with Crippen molar-refractivity contribution in [3.05, 3.63) is 59.7 Å². The van der Waals surface area contributed by atoms with Crippen LogP contribution >= 0.6 is 24.0 Å². The average Bonchev–Trinajstić information content (AvgIpc) is 3.60. The molecule has 1 saturated carbocycles. The van der Waals surface area contributed by atoms with E-state index in [1.165, 1.54) is 20.0 Å². The standard InChI is InChI=1S/C23H30N4O3.HI/c1-3-24-22(25-14-17-10-12-20(13-11-17)27-23(28)29-2)26-15-19-6-4-5-7-21(19)30-16-18-8-9-18;/h4-7,10-13,18H,3,8-9,14-16H2,1-2H3,(H,27,28)(H2,24,25,26);1H. The summed E-state index contributed by atoms with van der Waals surface area (Å²) in [5.41, 5.74) is 2.83. The zero-order valence-corrected chi connectivity index (χ0v) is 20.3. The molecule has 1 fully saturated rings. The van der Waals surface area contributed by atoms with Crippen molar-refractivity contribution in [3.63, 3.8) is 0 Å². The van der Waals surface area contributed by atoms with Gasteiger partial charge in [0.15, 0.2) is 5.96 Å². The number of nitrogens with zero attached hydrogens (tertiary/aromatic N) is 1. The lowest BCUT2D eigenvalue weighted by Crippen LogP contribution is -2.36. The number of halogens is 1. The molecule has 168 valence electrons. The average molecular weight is 538 g/mol. The molecule has 31 heavy (non-hydrogen) atoms. The SMILES string of the molecule is CCNC(=NCc1ccc(NC(=O)OC)cc1)NCc1ccccc1OCC1CC1.I. The fraction of sp³-hybridized carbons (Fsp3) is 0.391. The number of hydrogen-bond donors (Lipinski definition) is 3. The molecule has 3 rings (SSSR count). The molecular formula is C23H31IN4O3. The molecule has 2 aromatic carbocycles. The number of benzene rings is 2. The summed E-state index contributed by atoms with van der Waals surface area (Å²) in [6.45, 7) is 4.76. The fourth-order valence-electron chi connectivity index (χ4n) is 2.84. The van der Waals surface area contributed by atoms with Crippen LogP contribution in [-0.2, 0) is 17.8 Å². The third-order valence-corrected chi connectivity index (χ3v) is 4.74. The van der Waals surface area contributed by atoms with Crippen LogP contribution in [0.5, 0.6) is 5.75 Å². The first kappa shape index (κ1) is 24.8. The van der Waals surface area contributed by atoms with Gasteiger partial charge in [0.25, 0.3) is 0 Å². The summed E-state index contributed by atoms with van der Waals surface area (Å²) in [5.74, 6) is 2.40. The van der Waals surface area contributed by atoms with Crippen LogP contribution in [0.15, 0.2) is 53.5 Å². The normalized spacial score (nSPS) is 13.0. The molecule has 1 aliphatic carbocycles. The second-order valence-corrected chi connectivity index (χ2v) is 7.22. The molecule has 7 nitrogen and oxygen atoms in total. The lowest BCUT2D eigenvalue weighted by molar-refractivity contribution is 0.187. The van der Waals surface area contributed by atoms with Crippen molar-refractivity contribution in [1.29, 1.82) is 0 Å². The van der Waals surface area contributed by atoms with Gasteiger partial charge in [-0.3, -0.25) is 5.32 Å². The second kappa shape index (κ2) is 13.0. The third-order valence-electron chi connectivity index (χ3n) is 4.74. The minimum Gasteiger partial charge on any atom is -0.493 e. The van der Waals surface area contributed by atoms with Crippen molar-refractivity contribution in [2.45, 2.75) is 32.9 Å². The molecule has 0 saturated heterocycles. The number of rotatable bonds is 9. The predicted molar refractivity (Wildman–Crippen MR) is 134 cm³/mol. The van der Waals surface area contributed by atoms with E-state index in [9.17, 15) is 4.79 Å². The van der Waals surface area contributed by atoms with Crippen molar-refractivity contribution in [2.24, 2.45) is 10.9 Å². The number of anilines is 1. The first-order valence-electron chi connectivity index (χ1n) is 10.3. The van der Waals surface area contributed by atoms with Crippen LogP contribution in [0.3, 0.4) is 0 Å². The maximum Gasteiger partial charge on any atom is 0.411 e. The van der Waals surface area contributed by atoms with Gasteiger partial charge in [-0.1, -0.05) is 30.3 Å². The number of guanidine groups is 1. The van der Waals surface area contributed by atoms with Crippen LogP contribution in [0.1, 0.15) is 30.9 Å². The van der Waals surface area contributed by atoms with E-state index in [0.717, 1.165) is 41.9 Å². The molecular weight excluding hydrogens is 507 g/mol. The van der Waals surface area contributed by atoms with E-state index in [-0.39, 0.29) is 24.0 Å². The van der Waals surface area contributed by atoms with Gasteiger partial charge < -0.3 is 20.1 Å². The molecule has 0 atom stereocenters. The summed E-state index contributed by atoms with van der Waals surface area (Å²) >= 11 is 0. The maximum atomic E-state index is 11.3. The molecule has 3 N–H and O–H groups in total. The Kier molecular flexibility index (Phi) is 10.4. The van der Waals surface area contributed by atoms with Crippen LogP contribution < -0.4 is 20.7 Å². The molecule has 0 spiro atoms. The Morgan fingerprint density at radius 1 is 1.10 bits per heavy atom. The molecule has 8 heteroatoms. The van der Waals surface area contributed by atoms with E-state index in [4.69, 9.17) is 4.74 Å². The van der Waals surface area contributed by atoms with Gasteiger partial charge in [-0.15, -0.1) is 24.0 Å². The Bertz CT molecular complexity index is 854. The molecule has 0 aliphatic heterocycles. The van der Waals surface area contributed by atoms with Crippen molar-refractivity contribution in [1.82, 2.24) is 10.6 Å².